The van der Waals surface area contributed by atoms with Gasteiger partial charge in [-0.2, -0.15) is 0 Å². The molecule has 0 radical (unpaired) electrons. The lowest BCUT2D eigenvalue weighted by Gasteiger charge is -2.46. The second-order valence-corrected chi connectivity index (χ2v) is 5.53. The van der Waals surface area contributed by atoms with Crippen molar-refractivity contribution < 1.29 is 33.6 Å². The topological polar surface area (TPSA) is 83.5 Å². The van der Waals surface area contributed by atoms with Crippen LogP contribution in [0.4, 0.5) is 0 Å². The number of rotatable bonds is 6. The van der Waals surface area contributed by atoms with Gasteiger partial charge in [-0.05, 0) is 12.1 Å². The summed E-state index contributed by atoms with van der Waals surface area (Å²) in [6, 6.07) is 8.55. The van der Waals surface area contributed by atoms with E-state index in [1.54, 1.807) is 30.3 Å². The van der Waals surface area contributed by atoms with Crippen LogP contribution in [0, 0.1) is 0 Å². The van der Waals surface area contributed by atoms with Crippen molar-refractivity contribution in [3.8, 4) is 0 Å². The van der Waals surface area contributed by atoms with Crippen LogP contribution in [0.2, 0.25) is 0 Å². The molecule has 134 valence electrons. The third kappa shape index (κ3) is 3.60. The molecule has 0 unspecified atom stereocenters. The number of benzene rings is 1. The van der Waals surface area contributed by atoms with Gasteiger partial charge in [0.2, 0.25) is 0 Å². The molecule has 0 aromatic heterocycles. The van der Waals surface area contributed by atoms with Crippen molar-refractivity contribution in [3.05, 3.63) is 35.9 Å². The molecule has 1 aliphatic carbocycles. The summed E-state index contributed by atoms with van der Waals surface area (Å²) < 4.78 is 27.2. The number of carbonyl (C=O) groups excluding carboxylic acids is 1. The maximum absolute atomic E-state index is 12.4. The van der Waals surface area contributed by atoms with Crippen LogP contribution in [-0.4, -0.2) is 76.1 Å². The lowest BCUT2D eigenvalue weighted by atomic mass is 9.84. The first-order chi connectivity index (χ1) is 11.6. The summed E-state index contributed by atoms with van der Waals surface area (Å²) >= 11 is 0. The van der Waals surface area contributed by atoms with Crippen molar-refractivity contribution in [2.45, 2.75) is 36.6 Å². The normalized spacial score (nSPS) is 33.2. The van der Waals surface area contributed by atoms with Crippen LogP contribution in [0.15, 0.2) is 30.3 Å². The Hall–Kier alpha value is -1.51. The number of ether oxygens (including phenoxy) is 5. The summed E-state index contributed by atoms with van der Waals surface area (Å²) in [4.78, 5) is 12.4. The fourth-order valence-electron chi connectivity index (χ4n) is 3.12. The molecule has 1 aliphatic rings. The number of esters is 1. The number of aliphatic hydroxyl groups is 1. The van der Waals surface area contributed by atoms with E-state index in [1.165, 1.54) is 28.4 Å². The van der Waals surface area contributed by atoms with Gasteiger partial charge in [0.05, 0.1) is 5.56 Å². The molecular formula is C17H24O7. The largest absolute Gasteiger partial charge is 0.453 e. The zero-order valence-corrected chi connectivity index (χ0v) is 14.2. The van der Waals surface area contributed by atoms with E-state index < -0.39 is 42.6 Å². The van der Waals surface area contributed by atoms with Crippen LogP contribution in [0.1, 0.15) is 10.4 Å². The summed E-state index contributed by atoms with van der Waals surface area (Å²) in [5.74, 6) is -0.553. The average Bonchev–Trinajstić information content (AvgIpc) is 2.62. The Bertz CT molecular complexity index is 521. The first kappa shape index (κ1) is 18.8. The Morgan fingerprint density at radius 2 is 1.25 bits per heavy atom. The van der Waals surface area contributed by atoms with E-state index in [1.807, 2.05) is 0 Å². The lowest BCUT2D eigenvalue weighted by molar-refractivity contribution is -0.246. The number of hydrogen-bond donors (Lipinski definition) is 1. The maximum atomic E-state index is 12.4. The summed E-state index contributed by atoms with van der Waals surface area (Å²) in [5, 5.41) is 10.6. The molecule has 0 amide bonds. The van der Waals surface area contributed by atoms with E-state index in [0.29, 0.717) is 5.56 Å². The number of hydrogen-bond acceptors (Lipinski definition) is 7. The number of aliphatic hydroxyl groups excluding tert-OH is 1. The summed E-state index contributed by atoms with van der Waals surface area (Å²) in [7, 11) is 5.92. The Balaban J connectivity index is 2.26. The molecule has 6 atom stereocenters. The molecule has 24 heavy (non-hydrogen) atoms. The highest BCUT2D eigenvalue weighted by molar-refractivity contribution is 5.89. The third-order valence-corrected chi connectivity index (χ3v) is 4.31. The molecule has 0 spiro atoms. The highest BCUT2D eigenvalue weighted by Crippen LogP contribution is 2.31. The van der Waals surface area contributed by atoms with Gasteiger partial charge in [-0.3, -0.25) is 0 Å². The van der Waals surface area contributed by atoms with Gasteiger partial charge >= 0.3 is 5.97 Å². The third-order valence-electron chi connectivity index (χ3n) is 4.31. The van der Waals surface area contributed by atoms with Crippen LogP contribution in [0.25, 0.3) is 0 Å². The number of carbonyl (C=O) groups is 1. The fraction of sp³-hybridized carbons (Fsp3) is 0.588. The molecule has 7 nitrogen and oxygen atoms in total. The minimum Gasteiger partial charge on any atom is -0.453 e. The molecule has 1 saturated carbocycles. The molecule has 1 aromatic rings. The molecule has 1 aromatic carbocycles. The van der Waals surface area contributed by atoms with Crippen LogP contribution in [0.5, 0.6) is 0 Å². The van der Waals surface area contributed by atoms with Crippen LogP contribution < -0.4 is 0 Å². The predicted octanol–water partition coefficient (Wildman–Crippen LogP) is 0.646. The standard InChI is InChI=1S/C17H24O7/c1-20-12-11(18)13(15(22-3)16(23-4)14(12)21-2)24-17(19)10-8-6-5-7-9-10/h5-9,11-16,18H,1-4H3/t11-,12-,13-,14+,15-,16-/m0/s1. The van der Waals surface area contributed by atoms with Crippen molar-refractivity contribution in [2.75, 3.05) is 28.4 Å². The summed E-state index contributed by atoms with van der Waals surface area (Å²) in [5.41, 5.74) is 0.386. The Morgan fingerprint density at radius 1 is 0.792 bits per heavy atom. The summed E-state index contributed by atoms with van der Waals surface area (Å²) in [6.45, 7) is 0. The zero-order valence-electron chi connectivity index (χ0n) is 14.2. The molecule has 7 heteroatoms. The first-order valence-electron chi connectivity index (χ1n) is 7.64. The SMILES string of the molecule is CO[C@@H]1[C@@H](OC)[C@@H](OC(=O)c2ccccc2)[C@@H](O)[C@H](OC)[C@H]1OC. The lowest BCUT2D eigenvalue weighted by Crippen LogP contribution is -2.66. The van der Waals surface area contributed by atoms with Gasteiger partial charge < -0.3 is 28.8 Å². The van der Waals surface area contributed by atoms with Gasteiger partial charge in [0.15, 0.2) is 6.10 Å². The van der Waals surface area contributed by atoms with E-state index in [2.05, 4.69) is 0 Å². The Kier molecular flexibility index (Phi) is 6.70. The van der Waals surface area contributed by atoms with Crippen LogP contribution in [-0.2, 0) is 23.7 Å². The Labute approximate surface area is 141 Å². The fourth-order valence-corrected chi connectivity index (χ4v) is 3.12. The highest BCUT2D eigenvalue weighted by atomic mass is 16.6. The van der Waals surface area contributed by atoms with E-state index in [4.69, 9.17) is 23.7 Å². The summed E-state index contributed by atoms with van der Waals surface area (Å²) in [6.07, 6.45) is -4.63. The van der Waals surface area contributed by atoms with E-state index in [-0.39, 0.29) is 0 Å². The van der Waals surface area contributed by atoms with Gasteiger partial charge in [0.25, 0.3) is 0 Å². The van der Waals surface area contributed by atoms with Crippen molar-refractivity contribution in [2.24, 2.45) is 0 Å². The predicted molar refractivity (Wildman–Crippen MR) is 84.8 cm³/mol. The Morgan fingerprint density at radius 3 is 1.75 bits per heavy atom. The quantitative estimate of drug-likeness (QED) is 0.761. The zero-order chi connectivity index (χ0) is 17.7. The molecule has 0 heterocycles. The molecule has 0 saturated heterocycles. The van der Waals surface area contributed by atoms with E-state index in [0.717, 1.165) is 0 Å². The monoisotopic (exact) mass is 340 g/mol. The highest BCUT2D eigenvalue weighted by Gasteiger charge is 2.53. The second-order valence-electron chi connectivity index (χ2n) is 5.53. The van der Waals surface area contributed by atoms with Crippen LogP contribution in [0.3, 0.4) is 0 Å². The molecular weight excluding hydrogens is 316 g/mol. The molecule has 0 bridgehead atoms. The first-order valence-corrected chi connectivity index (χ1v) is 7.64. The van der Waals surface area contributed by atoms with Crippen molar-refractivity contribution in [3.63, 3.8) is 0 Å². The van der Waals surface area contributed by atoms with Gasteiger partial charge in [-0.15, -0.1) is 0 Å². The molecule has 0 aliphatic heterocycles. The van der Waals surface area contributed by atoms with Gasteiger partial charge in [-0.1, -0.05) is 18.2 Å². The van der Waals surface area contributed by atoms with E-state index in [9.17, 15) is 9.90 Å². The van der Waals surface area contributed by atoms with Crippen molar-refractivity contribution in [1.29, 1.82) is 0 Å². The van der Waals surface area contributed by atoms with Crippen LogP contribution >= 0.6 is 0 Å². The van der Waals surface area contributed by atoms with Crippen molar-refractivity contribution in [1.82, 2.24) is 0 Å². The van der Waals surface area contributed by atoms with Crippen molar-refractivity contribution >= 4 is 5.97 Å². The van der Waals surface area contributed by atoms with E-state index >= 15 is 0 Å². The molecule has 1 N–H and O–H groups in total. The maximum Gasteiger partial charge on any atom is 0.338 e. The minimum atomic E-state index is -1.12. The average molecular weight is 340 g/mol. The minimum absolute atomic E-state index is 0.386. The molecule has 2 rings (SSSR count). The smallest absolute Gasteiger partial charge is 0.338 e. The second kappa shape index (κ2) is 8.55. The van der Waals surface area contributed by atoms with Gasteiger partial charge in [0, 0.05) is 28.4 Å². The number of methoxy groups -OCH3 is 4. The van der Waals surface area contributed by atoms with Gasteiger partial charge in [0.1, 0.15) is 30.5 Å². The molecule has 1 fully saturated rings. The van der Waals surface area contributed by atoms with Gasteiger partial charge in [-0.25, -0.2) is 4.79 Å².